The molecule has 1 N–H and O–H groups in total. The third-order valence-corrected chi connectivity index (χ3v) is 4.04. The lowest BCUT2D eigenvalue weighted by atomic mass is 9.99. The number of carbonyl (C=O) groups is 1. The third kappa shape index (κ3) is 4.49. The zero-order valence-corrected chi connectivity index (χ0v) is 15.2. The Morgan fingerprint density at radius 1 is 1.21 bits per heavy atom. The summed E-state index contributed by atoms with van der Waals surface area (Å²) in [5, 5.41) is 5.37. The molecule has 0 saturated heterocycles. The van der Waals surface area contributed by atoms with E-state index in [1.165, 1.54) is 16.9 Å². The number of nitrogens with one attached hydrogen (secondary N) is 1. The first-order valence-corrected chi connectivity index (χ1v) is 8.45. The van der Waals surface area contributed by atoms with E-state index in [-0.39, 0.29) is 5.91 Å². The number of thiazole rings is 1. The Labute approximate surface area is 146 Å². The number of pyridine rings is 1. The fourth-order valence-electron chi connectivity index (χ4n) is 2.41. The minimum atomic E-state index is -0.189. The van der Waals surface area contributed by atoms with Crippen molar-refractivity contribution >= 4 is 27.9 Å². The van der Waals surface area contributed by atoms with E-state index in [0.717, 1.165) is 22.4 Å². The maximum atomic E-state index is 12.2. The van der Waals surface area contributed by atoms with Gasteiger partial charge < -0.3 is 0 Å². The van der Waals surface area contributed by atoms with Gasteiger partial charge in [0.15, 0.2) is 5.13 Å². The molecule has 0 bridgehead atoms. The molecule has 2 rings (SSSR count). The van der Waals surface area contributed by atoms with Crippen LogP contribution < -0.4 is 5.32 Å². The van der Waals surface area contributed by atoms with E-state index in [1.54, 1.807) is 24.5 Å². The lowest BCUT2D eigenvalue weighted by Crippen LogP contribution is -2.11. The molecule has 0 aliphatic rings. The van der Waals surface area contributed by atoms with Gasteiger partial charge in [-0.3, -0.25) is 15.1 Å². The topological polar surface area (TPSA) is 54.9 Å². The highest BCUT2D eigenvalue weighted by Crippen LogP contribution is 2.30. The van der Waals surface area contributed by atoms with Crippen molar-refractivity contribution in [1.29, 1.82) is 0 Å². The van der Waals surface area contributed by atoms with Crippen LogP contribution in [0.2, 0.25) is 0 Å². The Kier molecular flexibility index (Phi) is 5.82. The van der Waals surface area contributed by atoms with Crippen LogP contribution in [0.15, 0.2) is 59.3 Å². The van der Waals surface area contributed by atoms with Gasteiger partial charge in [0.25, 0.3) is 5.91 Å². The number of allylic oxidation sites excluding steroid dienone is 5. The van der Waals surface area contributed by atoms with E-state index in [2.05, 4.69) is 35.7 Å². The van der Waals surface area contributed by atoms with Crippen molar-refractivity contribution in [2.75, 3.05) is 5.32 Å². The summed E-state index contributed by atoms with van der Waals surface area (Å²) in [5.41, 5.74) is 5.77. The van der Waals surface area contributed by atoms with Crippen LogP contribution in [0.25, 0.3) is 5.57 Å². The number of nitrogens with zero attached hydrogens (tertiary/aromatic N) is 2. The van der Waals surface area contributed by atoms with Crippen LogP contribution in [0.1, 0.15) is 43.7 Å². The molecule has 24 heavy (non-hydrogen) atoms. The van der Waals surface area contributed by atoms with Gasteiger partial charge in [-0.05, 0) is 45.4 Å². The van der Waals surface area contributed by atoms with Gasteiger partial charge in [0.05, 0.1) is 5.69 Å². The van der Waals surface area contributed by atoms with Gasteiger partial charge in [-0.2, -0.15) is 0 Å². The predicted octanol–water partition coefficient (Wildman–Crippen LogP) is 5.11. The number of hydrogen-bond donors (Lipinski definition) is 1. The molecule has 1 amide bonds. The van der Waals surface area contributed by atoms with Gasteiger partial charge in [0.1, 0.15) is 0 Å². The molecule has 0 radical (unpaired) electrons. The minimum absolute atomic E-state index is 0.189. The van der Waals surface area contributed by atoms with Crippen molar-refractivity contribution in [3.63, 3.8) is 0 Å². The summed E-state index contributed by atoms with van der Waals surface area (Å²) in [5.74, 6) is -0.189. The fraction of sp³-hybridized carbons (Fsp3) is 0.211. The summed E-state index contributed by atoms with van der Waals surface area (Å²) in [6.45, 7) is 12.1. The van der Waals surface area contributed by atoms with Crippen LogP contribution in [0.3, 0.4) is 0 Å². The highest BCUT2D eigenvalue weighted by Gasteiger charge is 2.13. The van der Waals surface area contributed by atoms with E-state index in [0.29, 0.717) is 10.7 Å². The Morgan fingerprint density at radius 3 is 2.46 bits per heavy atom. The second-order valence-electron chi connectivity index (χ2n) is 5.78. The van der Waals surface area contributed by atoms with Gasteiger partial charge >= 0.3 is 0 Å². The molecular weight excluding hydrogens is 318 g/mol. The van der Waals surface area contributed by atoms with Crippen molar-refractivity contribution in [3.05, 3.63) is 70.5 Å². The SMILES string of the molecule is C=C(C)/C=C(/C)C(=C(C)C)c1csc(NC(=O)c2ccncc2)n1. The number of anilines is 1. The fourth-order valence-corrected chi connectivity index (χ4v) is 3.11. The maximum absolute atomic E-state index is 12.2. The molecule has 2 aromatic heterocycles. The van der Waals surface area contributed by atoms with Crippen molar-refractivity contribution in [3.8, 4) is 0 Å². The van der Waals surface area contributed by atoms with Crippen molar-refractivity contribution < 1.29 is 4.79 Å². The Morgan fingerprint density at radius 2 is 1.88 bits per heavy atom. The van der Waals surface area contributed by atoms with E-state index < -0.39 is 0 Å². The quantitative estimate of drug-likeness (QED) is 0.770. The van der Waals surface area contributed by atoms with Crippen LogP contribution in [-0.2, 0) is 0 Å². The summed E-state index contributed by atoms with van der Waals surface area (Å²) in [6, 6.07) is 3.34. The molecule has 0 aliphatic heterocycles. The molecule has 0 fully saturated rings. The molecule has 0 aliphatic carbocycles. The lowest BCUT2D eigenvalue weighted by molar-refractivity contribution is 0.102. The number of aromatic nitrogens is 2. The van der Waals surface area contributed by atoms with Gasteiger partial charge in [0, 0.05) is 28.9 Å². The molecule has 0 saturated carbocycles. The monoisotopic (exact) mass is 339 g/mol. The van der Waals surface area contributed by atoms with Gasteiger partial charge in [-0.1, -0.05) is 23.8 Å². The van der Waals surface area contributed by atoms with Crippen molar-refractivity contribution in [1.82, 2.24) is 9.97 Å². The minimum Gasteiger partial charge on any atom is -0.298 e. The van der Waals surface area contributed by atoms with Gasteiger partial charge in [-0.15, -0.1) is 11.3 Å². The summed E-state index contributed by atoms with van der Waals surface area (Å²) < 4.78 is 0. The molecule has 0 spiro atoms. The number of amides is 1. The van der Waals surface area contributed by atoms with E-state index >= 15 is 0 Å². The van der Waals surface area contributed by atoms with E-state index in [9.17, 15) is 4.79 Å². The Bertz CT molecular complexity index is 812. The molecule has 0 unspecified atom stereocenters. The highest BCUT2D eigenvalue weighted by molar-refractivity contribution is 7.14. The average Bonchev–Trinajstić information content (AvgIpc) is 2.95. The first-order chi connectivity index (χ1) is 11.4. The lowest BCUT2D eigenvalue weighted by Gasteiger charge is -2.08. The molecule has 2 heterocycles. The molecule has 124 valence electrons. The molecule has 0 atom stereocenters. The summed E-state index contributed by atoms with van der Waals surface area (Å²) >= 11 is 1.41. The predicted molar refractivity (Wildman–Crippen MR) is 101 cm³/mol. The zero-order valence-electron chi connectivity index (χ0n) is 14.4. The van der Waals surface area contributed by atoms with Crippen LogP contribution >= 0.6 is 11.3 Å². The summed E-state index contributed by atoms with van der Waals surface area (Å²) in [4.78, 5) is 20.7. The summed E-state index contributed by atoms with van der Waals surface area (Å²) in [6.07, 6.45) is 5.22. The maximum Gasteiger partial charge on any atom is 0.257 e. The molecule has 5 heteroatoms. The number of carbonyl (C=O) groups excluding carboxylic acids is 1. The average molecular weight is 339 g/mol. The van der Waals surface area contributed by atoms with Crippen molar-refractivity contribution in [2.45, 2.75) is 27.7 Å². The second kappa shape index (κ2) is 7.84. The normalized spacial score (nSPS) is 11.1. The molecular formula is C19H21N3OS. The van der Waals surface area contributed by atoms with Crippen LogP contribution in [0.4, 0.5) is 5.13 Å². The Balaban J connectivity index is 2.25. The summed E-state index contributed by atoms with van der Waals surface area (Å²) in [7, 11) is 0. The number of hydrogen-bond acceptors (Lipinski definition) is 4. The van der Waals surface area contributed by atoms with Crippen LogP contribution in [0, 0.1) is 0 Å². The number of rotatable bonds is 5. The van der Waals surface area contributed by atoms with E-state index in [1.807, 2.05) is 25.3 Å². The zero-order chi connectivity index (χ0) is 17.7. The molecule has 4 nitrogen and oxygen atoms in total. The third-order valence-electron chi connectivity index (χ3n) is 3.28. The van der Waals surface area contributed by atoms with E-state index in [4.69, 9.17) is 0 Å². The first-order valence-electron chi connectivity index (χ1n) is 7.57. The van der Waals surface area contributed by atoms with Crippen molar-refractivity contribution in [2.24, 2.45) is 0 Å². The largest absolute Gasteiger partial charge is 0.298 e. The van der Waals surface area contributed by atoms with Crippen LogP contribution in [0.5, 0.6) is 0 Å². The second-order valence-corrected chi connectivity index (χ2v) is 6.63. The molecule has 0 aromatic carbocycles. The first kappa shape index (κ1) is 17.8. The molecule has 2 aromatic rings. The Hall–Kier alpha value is -2.53. The van der Waals surface area contributed by atoms with Gasteiger partial charge in [-0.25, -0.2) is 4.98 Å². The highest BCUT2D eigenvalue weighted by atomic mass is 32.1. The standard InChI is InChI=1S/C19H21N3OS/c1-12(2)10-14(5)17(13(3)4)16-11-24-19(21-16)22-18(23)15-6-8-20-9-7-15/h6-11H,1H2,2-5H3,(H,21,22,23)/b14-10-. The van der Waals surface area contributed by atoms with Crippen LogP contribution in [-0.4, -0.2) is 15.9 Å². The smallest absolute Gasteiger partial charge is 0.257 e. The van der Waals surface area contributed by atoms with Gasteiger partial charge in [0.2, 0.25) is 0 Å².